The average Bonchev–Trinajstić information content (AvgIpc) is 1.80. The summed E-state index contributed by atoms with van der Waals surface area (Å²) in [6.45, 7) is 7.60. The minimum atomic E-state index is -0.466. The third-order valence-electron chi connectivity index (χ3n) is 2.25. The maximum Gasteiger partial charge on any atom is 0.0242 e. The zero-order valence-corrected chi connectivity index (χ0v) is 8.22. The Morgan fingerprint density at radius 2 is 1.92 bits per heavy atom. The van der Waals surface area contributed by atoms with Crippen LogP contribution in [-0.2, 0) is 0 Å². The first kappa shape index (κ1) is 9.55. The first-order valence-electron chi connectivity index (χ1n) is 4.20. The zero-order valence-electron chi connectivity index (χ0n) is 8.22. The highest BCUT2D eigenvalue weighted by Gasteiger charge is 2.33. The van der Waals surface area contributed by atoms with Gasteiger partial charge in [-0.1, -0.05) is 0 Å². The fourth-order valence-electron chi connectivity index (χ4n) is 1.91. The van der Waals surface area contributed by atoms with Gasteiger partial charge in [0.2, 0.25) is 0 Å². The van der Waals surface area contributed by atoms with Gasteiger partial charge in [-0.25, -0.2) is 0 Å². The first-order chi connectivity index (χ1) is 5.26. The van der Waals surface area contributed by atoms with Crippen LogP contribution in [0.1, 0.15) is 34.1 Å². The summed E-state index contributed by atoms with van der Waals surface area (Å²) in [5.41, 5.74) is 5.72. The summed E-state index contributed by atoms with van der Waals surface area (Å²) in [5, 5.41) is 12.9. The highest BCUT2D eigenvalue weighted by molar-refractivity contribution is 5.19. The van der Waals surface area contributed by atoms with Crippen molar-refractivity contribution in [1.82, 2.24) is 5.06 Å². The molecule has 2 N–H and O–H groups in total. The predicted octanol–water partition coefficient (Wildman–Crippen LogP) is 1.59. The molecule has 0 spiro atoms. The topological polar surface area (TPSA) is 52.3 Å². The van der Waals surface area contributed by atoms with Gasteiger partial charge in [-0.2, -0.15) is 0 Å². The lowest BCUT2D eigenvalue weighted by Crippen LogP contribution is -2.54. The van der Waals surface area contributed by atoms with Crippen molar-refractivity contribution in [3.05, 3.63) is 17.0 Å². The van der Waals surface area contributed by atoms with Crippen molar-refractivity contribution in [2.75, 3.05) is 0 Å². The lowest BCUT2D eigenvalue weighted by atomic mass is 9.86. The molecule has 0 saturated heterocycles. The molecule has 0 aromatic rings. The summed E-state index contributed by atoms with van der Waals surface area (Å²) in [6, 6.07) is 0. The maximum atomic E-state index is 11.7. The van der Waals surface area contributed by atoms with Crippen LogP contribution in [0.3, 0.4) is 0 Å². The molecule has 1 aliphatic rings. The Morgan fingerprint density at radius 3 is 2.33 bits per heavy atom. The molecule has 12 heavy (non-hydrogen) atoms. The number of hydroxylamine groups is 2. The van der Waals surface area contributed by atoms with Gasteiger partial charge in [0.25, 0.3) is 0 Å². The van der Waals surface area contributed by atoms with Gasteiger partial charge < -0.3 is 16.0 Å². The molecule has 1 aliphatic heterocycles. The van der Waals surface area contributed by atoms with Gasteiger partial charge in [0.15, 0.2) is 0 Å². The van der Waals surface area contributed by atoms with Crippen LogP contribution in [0.25, 0.3) is 0 Å². The number of hydrogen-bond donors (Lipinski definition) is 1. The molecule has 0 aromatic heterocycles. The Kier molecular flexibility index (Phi) is 1.97. The van der Waals surface area contributed by atoms with Crippen LogP contribution in [0.2, 0.25) is 0 Å². The molecule has 1 heterocycles. The van der Waals surface area contributed by atoms with E-state index in [1.165, 1.54) is 0 Å². The molecule has 3 nitrogen and oxygen atoms in total. The number of rotatable bonds is 0. The molecule has 3 heteroatoms. The van der Waals surface area contributed by atoms with Crippen LogP contribution in [0, 0.1) is 5.21 Å². The molecule has 0 atom stereocenters. The first-order valence-corrected chi connectivity index (χ1v) is 4.20. The fourth-order valence-corrected chi connectivity index (χ4v) is 1.91. The molecule has 0 unspecified atom stereocenters. The summed E-state index contributed by atoms with van der Waals surface area (Å²) in [5.74, 6) is 0. The molecule has 0 bridgehead atoms. The van der Waals surface area contributed by atoms with Crippen LogP contribution < -0.4 is 5.73 Å². The second kappa shape index (κ2) is 2.47. The fraction of sp³-hybridized carbons (Fsp3) is 0.778. The van der Waals surface area contributed by atoms with Crippen molar-refractivity contribution in [3.63, 3.8) is 0 Å². The summed E-state index contributed by atoms with van der Waals surface area (Å²) >= 11 is 0. The smallest absolute Gasteiger partial charge is 0.0242 e. The van der Waals surface area contributed by atoms with Crippen LogP contribution >= 0.6 is 0 Å². The van der Waals surface area contributed by atoms with E-state index in [4.69, 9.17) is 5.73 Å². The van der Waals surface area contributed by atoms with Crippen molar-refractivity contribution >= 4 is 0 Å². The van der Waals surface area contributed by atoms with E-state index in [-0.39, 0.29) is 5.54 Å². The Labute approximate surface area is 73.8 Å². The minimum Gasteiger partial charge on any atom is -0.784 e. The largest absolute Gasteiger partial charge is 0.784 e. The summed E-state index contributed by atoms with van der Waals surface area (Å²) in [4.78, 5) is 0. The third kappa shape index (κ3) is 1.47. The van der Waals surface area contributed by atoms with E-state index in [1.807, 2.05) is 33.8 Å². The van der Waals surface area contributed by atoms with E-state index in [0.29, 0.717) is 6.42 Å². The molecular weight excluding hydrogens is 152 g/mol. The van der Waals surface area contributed by atoms with Gasteiger partial charge in [-0.3, -0.25) is 0 Å². The van der Waals surface area contributed by atoms with E-state index in [0.717, 1.165) is 10.8 Å². The van der Waals surface area contributed by atoms with Crippen molar-refractivity contribution < 1.29 is 0 Å². The number of nitrogens with two attached hydrogens (primary N) is 1. The zero-order chi connectivity index (χ0) is 9.57. The summed E-state index contributed by atoms with van der Waals surface area (Å²) in [7, 11) is 0. The molecule has 0 radical (unpaired) electrons. The molecule has 0 amide bonds. The van der Waals surface area contributed by atoms with Crippen molar-refractivity contribution in [3.8, 4) is 0 Å². The summed E-state index contributed by atoms with van der Waals surface area (Å²) < 4.78 is 0. The van der Waals surface area contributed by atoms with Crippen LogP contribution in [0.5, 0.6) is 0 Å². The third-order valence-corrected chi connectivity index (χ3v) is 2.25. The molecule has 0 aromatic carbocycles. The molecule has 0 saturated carbocycles. The Hall–Kier alpha value is -0.540. The Morgan fingerprint density at radius 1 is 1.42 bits per heavy atom. The number of nitrogens with zero attached hydrogens (tertiary/aromatic N) is 1. The van der Waals surface area contributed by atoms with Crippen molar-refractivity contribution in [1.29, 1.82) is 0 Å². The number of hydrogen-bond acceptors (Lipinski definition) is 3. The molecule has 0 aliphatic carbocycles. The van der Waals surface area contributed by atoms with E-state index in [2.05, 4.69) is 0 Å². The Balaban J connectivity index is 3.02. The van der Waals surface area contributed by atoms with Gasteiger partial charge in [0.05, 0.1) is 0 Å². The van der Waals surface area contributed by atoms with Gasteiger partial charge in [0, 0.05) is 23.2 Å². The second-order valence-electron chi connectivity index (χ2n) is 4.66. The highest BCUT2D eigenvalue weighted by Crippen LogP contribution is 2.34. The minimum absolute atomic E-state index is 0.373. The van der Waals surface area contributed by atoms with Gasteiger partial charge in [-0.15, -0.1) is 0 Å². The average molecular weight is 169 g/mol. The molecular formula is C9H17N2O-. The SMILES string of the molecule is CC1(C)C=C(N)CC(C)(C)N1[O-]. The predicted molar refractivity (Wildman–Crippen MR) is 50.3 cm³/mol. The monoisotopic (exact) mass is 169 g/mol. The quantitative estimate of drug-likeness (QED) is 0.599. The van der Waals surface area contributed by atoms with Gasteiger partial charge in [-0.05, 0) is 33.8 Å². The van der Waals surface area contributed by atoms with E-state index >= 15 is 0 Å². The van der Waals surface area contributed by atoms with Crippen LogP contribution in [-0.4, -0.2) is 16.1 Å². The van der Waals surface area contributed by atoms with Crippen LogP contribution in [0.15, 0.2) is 11.8 Å². The van der Waals surface area contributed by atoms with Crippen LogP contribution in [0.4, 0.5) is 0 Å². The second-order valence-corrected chi connectivity index (χ2v) is 4.66. The Bertz CT molecular complexity index is 219. The highest BCUT2D eigenvalue weighted by atomic mass is 16.5. The lowest BCUT2D eigenvalue weighted by molar-refractivity contribution is 0.0872. The lowest BCUT2D eigenvalue weighted by Gasteiger charge is -2.56. The van der Waals surface area contributed by atoms with E-state index in [9.17, 15) is 5.21 Å². The standard InChI is InChI=1S/C9H17N2O/c1-8(2)5-7(10)6-9(3,4)11(8)12/h5H,6,10H2,1-4H3/q-1. The van der Waals surface area contributed by atoms with E-state index < -0.39 is 5.54 Å². The molecule has 1 rings (SSSR count). The normalized spacial score (nSPS) is 28.2. The molecule has 70 valence electrons. The van der Waals surface area contributed by atoms with Gasteiger partial charge in [0.1, 0.15) is 0 Å². The maximum absolute atomic E-state index is 11.7. The van der Waals surface area contributed by atoms with Crippen molar-refractivity contribution in [2.24, 2.45) is 5.73 Å². The van der Waals surface area contributed by atoms with Gasteiger partial charge >= 0.3 is 0 Å². The van der Waals surface area contributed by atoms with Crippen molar-refractivity contribution in [2.45, 2.75) is 45.2 Å². The summed E-state index contributed by atoms with van der Waals surface area (Å²) in [6.07, 6.45) is 2.49. The molecule has 0 fully saturated rings. The van der Waals surface area contributed by atoms with E-state index in [1.54, 1.807) is 0 Å².